The van der Waals surface area contributed by atoms with Crippen LogP contribution in [0.25, 0.3) is 0 Å². The summed E-state index contributed by atoms with van der Waals surface area (Å²) in [6, 6.07) is 9.13. The van der Waals surface area contributed by atoms with E-state index in [4.69, 9.17) is 9.47 Å². The molecule has 0 atom stereocenters. The molecule has 1 N–H and O–H groups in total. The number of hydrogen-bond donors (Lipinski definition) is 1. The Balaban J connectivity index is 0.000000655. The Labute approximate surface area is 191 Å². The van der Waals surface area contributed by atoms with Gasteiger partial charge in [-0.05, 0) is 63.4 Å². The van der Waals surface area contributed by atoms with Crippen LogP contribution in [0.1, 0.15) is 5.56 Å². The number of carbonyl (C=O) groups is 1. The summed E-state index contributed by atoms with van der Waals surface area (Å²) in [5, 5.41) is 25.2. The second-order valence-electron chi connectivity index (χ2n) is 6.50. The smallest absolute Gasteiger partial charge is 0.853 e. The van der Waals surface area contributed by atoms with Crippen LogP contribution in [-0.2, 0) is 33.1 Å². The molecule has 1 aromatic rings. The summed E-state index contributed by atoms with van der Waals surface area (Å²) >= 11 is 0. The Morgan fingerprint density at radius 1 is 0.867 bits per heavy atom. The largest absolute Gasteiger partial charge is 2.00 e. The second kappa shape index (κ2) is 15.7. The number of ether oxygens (including phenoxy) is 2. The second-order valence-corrected chi connectivity index (χ2v) is 6.50. The summed E-state index contributed by atoms with van der Waals surface area (Å²) in [5.41, 5.74) is -0.699. The molecule has 1 amide bonds. The van der Waals surface area contributed by atoms with E-state index in [0.717, 1.165) is 11.5 Å². The van der Waals surface area contributed by atoms with Crippen LogP contribution in [0.4, 0.5) is 4.79 Å². The summed E-state index contributed by atoms with van der Waals surface area (Å²) in [5.74, 6) is 0.937. The van der Waals surface area contributed by atoms with E-state index in [1.807, 2.05) is 88.1 Å². The minimum atomic E-state index is -1.51. The number of rotatable bonds is 9. The number of amides is 1. The molecular formula is C23H25FeNO5. The zero-order valence-corrected chi connectivity index (χ0v) is 17.6. The Morgan fingerprint density at radius 3 is 1.97 bits per heavy atom. The number of nitrogens with one attached hydrogen (secondary N) is 1. The first-order chi connectivity index (χ1) is 14.2. The van der Waals surface area contributed by atoms with E-state index in [1.54, 1.807) is 0 Å². The molecule has 30 heavy (non-hydrogen) atoms. The van der Waals surface area contributed by atoms with E-state index in [2.05, 4.69) is 5.32 Å². The fourth-order valence-corrected chi connectivity index (χ4v) is 2.40. The van der Waals surface area contributed by atoms with Gasteiger partial charge in [0.2, 0.25) is 0 Å². The van der Waals surface area contributed by atoms with Crippen molar-refractivity contribution in [3.05, 3.63) is 99.6 Å². The zero-order valence-electron chi connectivity index (χ0n) is 16.5. The van der Waals surface area contributed by atoms with E-state index >= 15 is 0 Å². The third kappa shape index (κ3) is 10.3. The molecule has 0 spiro atoms. The molecule has 160 valence electrons. The number of carbonyl (C=O) groups excluding carboxylic acids is 1. The van der Waals surface area contributed by atoms with Crippen molar-refractivity contribution >= 4 is 6.09 Å². The molecule has 2 saturated carbocycles. The van der Waals surface area contributed by atoms with Crippen LogP contribution in [0.3, 0.4) is 0 Å². The van der Waals surface area contributed by atoms with Gasteiger partial charge in [-0.25, -0.2) is 4.79 Å². The monoisotopic (exact) mass is 451 g/mol. The van der Waals surface area contributed by atoms with Crippen molar-refractivity contribution in [3.8, 4) is 0 Å². The molecule has 0 aromatic heterocycles. The first-order valence-corrected chi connectivity index (χ1v) is 9.27. The zero-order chi connectivity index (χ0) is 20.8. The molecule has 2 aliphatic rings. The predicted octanol–water partition coefficient (Wildman–Crippen LogP) is 0.813. The van der Waals surface area contributed by atoms with Gasteiger partial charge in [0.15, 0.2) is 0 Å². The van der Waals surface area contributed by atoms with Crippen molar-refractivity contribution in [2.45, 2.75) is 12.1 Å². The van der Waals surface area contributed by atoms with Crippen molar-refractivity contribution in [1.29, 1.82) is 0 Å². The van der Waals surface area contributed by atoms with Crippen LogP contribution in [0.2, 0.25) is 0 Å². The van der Waals surface area contributed by atoms with Crippen LogP contribution in [0.15, 0.2) is 30.3 Å². The molecule has 2 fully saturated rings. The standard InChI is InChI=1S/C18H20NO5.C5H5.Fe/c20-12-18(13-21,14-23-10-15-8-4-5-9-15)19-17(22)24-11-16-6-2-1-3-7-16;1-2-4-5-3-1;/h1-9H,10-14H2,(H,19,22);1-5H;/q-2;;+2. The Kier molecular flexibility index (Phi) is 14.1. The molecule has 1 aromatic carbocycles. The van der Waals surface area contributed by atoms with Gasteiger partial charge < -0.3 is 25.0 Å². The maximum Gasteiger partial charge on any atom is 2.00 e. The number of benzene rings is 1. The average molecular weight is 451 g/mol. The predicted molar refractivity (Wildman–Crippen MR) is 105 cm³/mol. The van der Waals surface area contributed by atoms with Crippen LogP contribution >= 0.6 is 0 Å². The van der Waals surface area contributed by atoms with Gasteiger partial charge in [0.05, 0.1) is 13.2 Å². The Bertz CT molecular complexity index is 550. The van der Waals surface area contributed by atoms with Gasteiger partial charge in [-0.2, -0.15) is 0 Å². The summed E-state index contributed by atoms with van der Waals surface area (Å²) < 4.78 is 10.5. The number of alkyl carbamates (subject to hydrolysis) is 1. The normalized spacial score (nSPS) is 16.3. The summed E-state index contributed by atoms with van der Waals surface area (Å²) in [4.78, 5) is 11.9. The fourth-order valence-electron chi connectivity index (χ4n) is 2.40. The number of hydrogen-bond acceptors (Lipinski definition) is 5. The fraction of sp³-hybridized carbons (Fsp3) is 0.261. The van der Waals surface area contributed by atoms with Crippen LogP contribution in [-0.4, -0.2) is 38.1 Å². The molecular weight excluding hydrogens is 426 g/mol. The Hall–Kier alpha value is -1.11. The van der Waals surface area contributed by atoms with Crippen LogP contribution < -0.4 is 15.5 Å². The van der Waals surface area contributed by atoms with Crippen molar-refractivity contribution in [2.24, 2.45) is 0 Å². The Morgan fingerprint density at radius 2 is 1.43 bits per heavy atom. The van der Waals surface area contributed by atoms with Gasteiger partial charge in [0, 0.05) is 11.5 Å². The SMILES string of the molecule is O=C(NC(C[O-])(C[O-])COC[C]1[CH][CH][CH][CH]1)OCc1ccccc1.[CH]1[CH][CH][CH][CH]1.[Fe+2]. The van der Waals surface area contributed by atoms with Gasteiger partial charge in [-0.15, -0.1) is 13.2 Å². The van der Waals surface area contributed by atoms with Gasteiger partial charge in [0.25, 0.3) is 0 Å². The van der Waals surface area contributed by atoms with Gasteiger partial charge in [0.1, 0.15) is 6.61 Å². The first-order valence-electron chi connectivity index (χ1n) is 9.27. The van der Waals surface area contributed by atoms with Crippen molar-refractivity contribution in [1.82, 2.24) is 5.32 Å². The molecule has 10 radical (unpaired) electrons. The van der Waals surface area contributed by atoms with Crippen LogP contribution in [0.5, 0.6) is 0 Å². The van der Waals surface area contributed by atoms with E-state index in [9.17, 15) is 15.0 Å². The molecule has 0 bridgehead atoms. The molecule has 0 heterocycles. The van der Waals surface area contributed by atoms with E-state index in [1.165, 1.54) is 0 Å². The quantitative estimate of drug-likeness (QED) is 0.561. The van der Waals surface area contributed by atoms with Gasteiger partial charge >= 0.3 is 23.2 Å². The van der Waals surface area contributed by atoms with E-state index in [0.29, 0.717) is 0 Å². The summed E-state index contributed by atoms with van der Waals surface area (Å²) in [6.45, 7) is -1.38. The third-order valence-electron chi connectivity index (χ3n) is 4.07. The van der Waals surface area contributed by atoms with Crippen molar-refractivity contribution < 1.29 is 41.5 Å². The van der Waals surface area contributed by atoms with Crippen molar-refractivity contribution in [2.75, 3.05) is 26.4 Å². The van der Waals surface area contributed by atoms with Gasteiger partial charge in [-0.1, -0.05) is 30.3 Å². The molecule has 7 heteroatoms. The maximum atomic E-state index is 11.9. The van der Waals surface area contributed by atoms with Crippen LogP contribution in [0, 0.1) is 63.7 Å². The summed E-state index contributed by atoms with van der Waals surface area (Å²) in [7, 11) is 0. The van der Waals surface area contributed by atoms with E-state index < -0.39 is 24.8 Å². The average Bonchev–Trinajstić information content (AvgIpc) is 3.49. The molecule has 6 nitrogen and oxygen atoms in total. The summed E-state index contributed by atoms with van der Waals surface area (Å²) in [6.07, 6.45) is 16.7. The topological polar surface area (TPSA) is 93.7 Å². The van der Waals surface area contributed by atoms with Gasteiger partial charge in [-0.3, -0.25) is 0 Å². The molecule has 0 unspecified atom stereocenters. The molecule has 0 saturated heterocycles. The van der Waals surface area contributed by atoms with Crippen molar-refractivity contribution in [3.63, 3.8) is 0 Å². The molecule has 3 rings (SSSR count). The minimum Gasteiger partial charge on any atom is -0.853 e. The molecule has 2 aliphatic carbocycles. The minimum absolute atomic E-state index is 0. The maximum absolute atomic E-state index is 11.9. The van der Waals surface area contributed by atoms with E-state index in [-0.39, 0.29) is 36.9 Å². The molecule has 0 aliphatic heterocycles. The first kappa shape index (κ1) is 26.9. The third-order valence-corrected chi connectivity index (χ3v) is 4.07.